The van der Waals surface area contributed by atoms with Crippen molar-refractivity contribution in [1.29, 1.82) is 0 Å². The van der Waals surface area contributed by atoms with Gasteiger partial charge in [0.1, 0.15) is 0 Å². The largest absolute Gasteiger partial charge is 0.137 e. The van der Waals surface area contributed by atoms with Crippen molar-refractivity contribution < 1.29 is 0 Å². The van der Waals surface area contributed by atoms with Gasteiger partial charge in [-0.05, 0) is 18.6 Å². The summed E-state index contributed by atoms with van der Waals surface area (Å²) in [7, 11) is -1.11. The molecular weight excluding hydrogens is 232 g/mol. The maximum atomic E-state index is 2.42. The fraction of sp³-hybridized carbons (Fsp3) is 0.556. The first kappa shape index (κ1) is 11.7. The lowest BCUT2D eigenvalue weighted by atomic mass is 10.7. The second-order valence-electron chi connectivity index (χ2n) is 3.92. The zero-order chi connectivity index (χ0) is 10.1. The summed E-state index contributed by atoms with van der Waals surface area (Å²) in [6.07, 6.45) is 4.33. The molecule has 0 nitrogen and oxygen atoms in total. The lowest BCUT2D eigenvalue weighted by Crippen LogP contribution is -2.36. The van der Waals surface area contributed by atoms with Crippen molar-refractivity contribution in [2.24, 2.45) is 0 Å². The van der Waals surface area contributed by atoms with Crippen molar-refractivity contribution in [3.05, 3.63) is 6.07 Å². The van der Waals surface area contributed by atoms with Gasteiger partial charge in [-0.1, -0.05) is 19.6 Å². The van der Waals surface area contributed by atoms with Gasteiger partial charge >= 0.3 is 0 Å². The van der Waals surface area contributed by atoms with E-state index >= 15 is 0 Å². The van der Waals surface area contributed by atoms with Crippen molar-refractivity contribution in [2.45, 2.75) is 28.7 Å². The third-order valence-electron chi connectivity index (χ3n) is 1.78. The Morgan fingerprint density at radius 2 is 1.77 bits per heavy atom. The minimum absolute atomic E-state index is 1.11. The molecule has 0 spiro atoms. The van der Waals surface area contributed by atoms with Crippen LogP contribution in [-0.4, -0.2) is 20.6 Å². The van der Waals surface area contributed by atoms with E-state index in [1.54, 1.807) is 4.50 Å². The molecule has 0 aliphatic rings. The van der Waals surface area contributed by atoms with Crippen LogP contribution in [-0.2, 0) is 0 Å². The quantitative estimate of drug-likeness (QED) is 0.590. The summed E-state index contributed by atoms with van der Waals surface area (Å²) in [5.41, 5.74) is 0. The molecule has 0 atom stereocenters. The van der Waals surface area contributed by atoms with Crippen LogP contribution in [0.25, 0.3) is 0 Å². The van der Waals surface area contributed by atoms with Crippen LogP contribution in [0, 0.1) is 0 Å². The van der Waals surface area contributed by atoms with Crippen molar-refractivity contribution in [1.82, 2.24) is 0 Å². The highest BCUT2D eigenvalue weighted by Crippen LogP contribution is 2.29. The van der Waals surface area contributed by atoms with Gasteiger partial charge in [-0.25, -0.2) is 0 Å². The fourth-order valence-electron chi connectivity index (χ4n) is 1.13. The third kappa shape index (κ3) is 2.78. The highest BCUT2D eigenvalue weighted by atomic mass is 32.2. The fourth-order valence-corrected chi connectivity index (χ4v) is 7.24. The standard InChI is InChI=1S/C9H16S3Si/c1-10-7-6-8(11-2)12-9(7)13(3,4)5/h6H,1-5H3. The van der Waals surface area contributed by atoms with Gasteiger partial charge in [0.25, 0.3) is 0 Å². The molecule has 0 bridgehead atoms. The minimum Gasteiger partial charge on any atom is -0.137 e. The molecule has 0 aromatic carbocycles. The Morgan fingerprint density at radius 3 is 2.08 bits per heavy atom. The van der Waals surface area contributed by atoms with Crippen molar-refractivity contribution in [2.75, 3.05) is 12.5 Å². The maximum Gasteiger partial charge on any atom is 0.0919 e. The van der Waals surface area contributed by atoms with Gasteiger partial charge in [-0.15, -0.1) is 34.9 Å². The first-order valence-electron chi connectivity index (χ1n) is 4.21. The average molecular weight is 249 g/mol. The summed E-state index contributed by atoms with van der Waals surface area (Å²) < 4.78 is 3.12. The van der Waals surface area contributed by atoms with Gasteiger partial charge in [-0.2, -0.15) is 0 Å². The minimum atomic E-state index is -1.11. The van der Waals surface area contributed by atoms with Gasteiger partial charge < -0.3 is 0 Å². The van der Waals surface area contributed by atoms with Crippen LogP contribution in [0.4, 0.5) is 0 Å². The van der Waals surface area contributed by atoms with Crippen LogP contribution in [0.3, 0.4) is 0 Å². The Morgan fingerprint density at radius 1 is 1.15 bits per heavy atom. The molecule has 0 N–H and O–H groups in total. The van der Waals surface area contributed by atoms with Gasteiger partial charge in [0.05, 0.1) is 12.3 Å². The predicted molar refractivity (Wildman–Crippen MR) is 70.9 cm³/mol. The lowest BCUT2D eigenvalue weighted by molar-refractivity contribution is 1.53. The van der Waals surface area contributed by atoms with E-state index in [9.17, 15) is 0 Å². The van der Waals surface area contributed by atoms with Crippen molar-refractivity contribution in [3.8, 4) is 0 Å². The molecule has 0 aliphatic heterocycles. The van der Waals surface area contributed by atoms with Crippen LogP contribution >= 0.6 is 34.9 Å². The van der Waals surface area contributed by atoms with Crippen molar-refractivity contribution >= 4 is 47.4 Å². The smallest absolute Gasteiger partial charge is 0.0919 e. The molecule has 1 aromatic rings. The maximum absolute atomic E-state index is 2.42. The molecule has 0 amide bonds. The van der Waals surface area contributed by atoms with E-state index in [0.29, 0.717) is 0 Å². The van der Waals surface area contributed by atoms with Gasteiger partial charge in [0.2, 0.25) is 0 Å². The summed E-state index contributed by atoms with van der Waals surface area (Å²) >= 11 is 5.75. The van der Waals surface area contributed by atoms with Gasteiger partial charge in [0, 0.05) is 9.40 Å². The second kappa shape index (κ2) is 4.42. The van der Waals surface area contributed by atoms with Crippen LogP contribution in [0.5, 0.6) is 0 Å². The first-order chi connectivity index (χ1) is 5.99. The molecule has 4 heteroatoms. The Balaban J connectivity index is 3.11. The molecule has 0 unspecified atom stereocenters. The molecule has 0 aliphatic carbocycles. The molecular formula is C9H16S3Si. The summed E-state index contributed by atoms with van der Waals surface area (Å²) in [6, 6.07) is 2.34. The van der Waals surface area contributed by atoms with Gasteiger partial charge in [-0.3, -0.25) is 0 Å². The molecule has 0 saturated heterocycles. The van der Waals surface area contributed by atoms with E-state index in [-0.39, 0.29) is 0 Å². The number of thioether (sulfide) groups is 2. The van der Waals surface area contributed by atoms with E-state index in [1.165, 1.54) is 9.10 Å². The Kier molecular flexibility index (Phi) is 3.98. The molecule has 0 fully saturated rings. The monoisotopic (exact) mass is 248 g/mol. The lowest BCUT2D eigenvalue weighted by Gasteiger charge is -2.15. The number of rotatable bonds is 3. The van der Waals surface area contributed by atoms with Crippen LogP contribution in [0.15, 0.2) is 15.2 Å². The van der Waals surface area contributed by atoms with E-state index in [2.05, 4.69) is 38.2 Å². The molecule has 74 valence electrons. The summed E-state index contributed by atoms with van der Waals surface area (Å²) in [5, 5.41) is 0. The zero-order valence-corrected chi connectivity index (χ0v) is 12.3. The normalized spacial score (nSPS) is 12.1. The predicted octanol–water partition coefficient (Wildman–Crippen LogP) is 3.74. The highest BCUT2D eigenvalue weighted by molar-refractivity contribution is 8.01. The molecule has 13 heavy (non-hydrogen) atoms. The molecule has 1 rings (SSSR count). The number of thiophene rings is 1. The molecule has 0 saturated carbocycles. The highest BCUT2D eigenvalue weighted by Gasteiger charge is 2.22. The number of hydrogen-bond donors (Lipinski definition) is 0. The van der Waals surface area contributed by atoms with Crippen LogP contribution < -0.4 is 4.50 Å². The van der Waals surface area contributed by atoms with Crippen molar-refractivity contribution in [3.63, 3.8) is 0 Å². The Labute approximate surface area is 94.5 Å². The Hall–Kier alpha value is 0.617. The Bertz CT molecular complexity index is 286. The first-order valence-corrected chi connectivity index (χ1v) is 11.0. The van der Waals surface area contributed by atoms with Crippen LogP contribution in [0.1, 0.15) is 0 Å². The van der Waals surface area contributed by atoms with E-state index in [1.807, 2.05) is 34.9 Å². The van der Waals surface area contributed by atoms with Crippen LogP contribution in [0.2, 0.25) is 19.6 Å². The van der Waals surface area contributed by atoms with E-state index in [4.69, 9.17) is 0 Å². The third-order valence-corrected chi connectivity index (χ3v) is 8.64. The zero-order valence-electron chi connectivity index (χ0n) is 8.80. The second-order valence-corrected chi connectivity index (χ2v) is 12.3. The molecule has 1 aromatic heterocycles. The summed E-state index contributed by atoms with van der Waals surface area (Å²) in [4.78, 5) is 1.51. The topological polar surface area (TPSA) is 0 Å². The van der Waals surface area contributed by atoms with Gasteiger partial charge in [0.15, 0.2) is 0 Å². The summed E-state index contributed by atoms with van der Waals surface area (Å²) in [5.74, 6) is 0. The summed E-state index contributed by atoms with van der Waals surface area (Å²) in [6.45, 7) is 7.26. The molecule has 1 heterocycles. The van der Waals surface area contributed by atoms with E-state index < -0.39 is 8.07 Å². The average Bonchev–Trinajstić information content (AvgIpc) is 2.46. The molecule has 0 radical (unpaired) electrons. The van der Waals surface area contributed by atoms with E-state index in [0.717, 1.165) is 0 Å². The SMILES string of the molecule is CSc1cc(SC)c([Si](C)(C)C)s1. The number of hydrogen-bond acceptors (Lipinski definition) is 3.